The van der Waals surface area contributed by atoms with Gasteiger partial charge in [-0.15, -0.1) is 11.7 Å². The van der Waals surface area contributed by atoms with Crippen LogP contribution in [0.3, 0.4) is 0 Å². The number of aryl methyl sites for hydroxylation is 1. The van der Waals surface area contributed by atoms with Crippen LogP contribution in [-0.4, -0.2) is 45.6 Å². The minimum absolute atomic E-state index is 0.00913. The number of fused-ring (bicyclic) bond motifs is 1. The summed E-state index contributed by atoms with van der Waals surface area (Å²) >= 11 is 1.18. The molecule has 2 saturated heterocycles. The van der Waals surface area contributed by atoms with E-state index in [1.165, 1.54) is 18.0 Å². The van der Waals surface area contributed by atoms with Crippen molar-refractivity contribution in [1.29, 1.82) is 0 Å². The molecular weight excluding hydrogens is 272 g/mol. The number of aromatic nitrogens is 2. The maximum absolute atomic E-state index is 12.2. The molecule has 2 aliphatic heterocycles. The van der Waals surface area contributed by atoms with E-state index in [1.807, 2.05) is 13.0 Å². The van der Waals surface area contributed by atoms with Gasteiger partial charge in [0, 0.05) is 18.6 Å². The third-order valence-corrected chi connectivity index (χ3v) is 5.24. The van der Waals surface area contributed by atoms with Gasteiger partial charge in [-0.2, -0.15) is 0 Å². The molecule has 1 N–H and O–H groups in total. The topological polar surface area (TPSA) is 58.1 Å². The van der Waals surface area contributed by atoms with Crippen LogP contribution in [0.5, 0.6) is 0 Å². The molecule has 3 unspecified atom stereocenters. The van der Waals surface area contributed by atoms with E-state index in [4.69, 9.17) is 0 Å². The summed E-state index contributed by atoms with van der Waals surface area (Å²) in [5, 5.41) is 7.07. The van der Waals surface area contributed by atoms with E-state index in [0.29, 0.717) is 22.9 Å². The van der Waals surface area contributed by atoms with Crippen molar-refractivity contribution in [3.05, 3.63) is 23.2 Å². The highest BCUT2D eigenvalue weighted by Crippen LogP contribution is 2.41. The van der Waals surface area contributed by atoms with E-state index < -0.39 is 0 Å². The highest BCUT2D eigenvalue weighted by molar-refractivity contribution is 7.08. The maximum Gasteiger partial charge on any atom is 0.265 e. The highest BCUT2D eigenvalue weighted by Gasteiger charge is 2.52. The summed E-state index contributed by atoms with van der Waals surface area (Å²) in [4.78, 5) is 15.4. The molecule has 3 fully saturated rings. The van der Waals surface area contributed by atoms with Gasteiger partial charge in [0.25, 0.3) is 5.91 Å². The average molecular weight is 292 g/mol. The smallest absolute Gasteiger partial charge is 0.265 e. The first kappa shape index (κ1) is 13.7. The predicted octanol–water partition coefficient (Wildman–Crippen LogP) is 1.62. The summed E-state index contributed by atoms with van der Waals surface area (Å²) in [6.07, 6.45) is 5.42. The van der Waals surface area contributed by atoms with Crippen molar-refractivity contribution < 1.29 is 4.79 Å². The van der Waals surface area contributed by atoms with Crippen LogP contribution in [0.1, 0.15) is 34.6 Å². The molecule has 1 aromatic heterocycles. The van der Waals surface area contributed by atoms with E-state index >= 15 is 0 Å². The molecule has 1 aromatic rings. The van der Waals surface area contributed by atoms with Crippen molar-refractivity contribution in [2.45, 2.75) is 38.3 Å². The van der Waals surface area contributed by atoms with E-state index in [0.717, 1.165) is 31.6 Å². The molecule has 5 nitrogen and oxygen atoms in total. The number of amides is 1. The Morgan fingerprint density at radius 1 is 1.65 bits per heavy atom. The molecule has 1 aliphatic carbocycles. The minimum Gasteiger partial charge on any atom is -0.347 e. The fourth-order valence-corrected chi connectivity index (χ4v) is 3.85. The highest BCUT2D eigenvalue weighted by atomic mass is 32.1. The molecule has 1 saturated carbocycles. The molecule has 3 aliphatic rings. The predicted molar refractivity (Wildman–Crippen MR) is 78.8 cm³/mol. The molecule has 0 aromatic carbocycles. The third kappa shape index (κ3) is 2.38. The first-order valence-corrected chi connectivity index (χ1v) is 7.93. The maximum atomic E-state index is 12.2. The summed E-state index contributed by atoms with van der Waals surface area (Å²) in [6, 6.07) is 0.836. The van der Waals surface area contributed by atoms with Crippen LogP contribution >= 0.6 is 11.5 Å². The van der Waals surface area contributed by atoms with Gasteiger partial charge in [-0.3, -0.25) is 9.69 Å². The van der Waals surface area contributed by atoms with Gasteiger partial charge in [-0.1, -0.05) is 10.6 Å². The first-order chi connectivity index (χ1) is 9.70. The zero-order valence-corrected chi connectivity index (χ0v) is 12.5. The number of carbonyl (C=O) groups is 1. The number of allylic oxidation sites excluding steroid dienone is 1. The molecule has 108 valence electrons. The Kier molecular flexibility index (Phi) is 3.85. The zero-order chi connectivity index (χ0) is 14.1. The quantitative estimate of drug-likeness (QED) is 0.639. The summed E-state index contributed by atoms with van der Waals surface area (Å²) < 4.78 is 3.82. The van der Waals surface area contributed by atoms with Gasteiger partial charge in [0.1, 0.15) is 4.88 Å². The van der Waals surface area contributed by atoms with Gasteiger partial charge in [-0.25, -0.2) is 0 Å². The van der Waals surface area contributed by atoms with Gasteiger partial charge in [-0.05, 0) is 50.2 Å². The number of carbonyl (C=O) groups excluding carboxylic acids is 1. The molecular formula is C14H20N4OS. The van der Waals surface area contributed by atoms with Crippen LogP contribution in [0.2, 0.25) is 0 Å². The Morgan fingerprint density at radius 3 is 3.20 bits per heavy atom. The number of nitrogens with zero attached hydrogens (tertiary/aromatic N) is 3. The molecule has 4 rings (SSSR count). The Hall–Kier alpha value is -1.27. The zero-order valence-electron chi connectivity index (χ0n) is 11.7. The van der Waals surface area contributed by atoms with Crippen molar-refractivity contribution >= 4 is 17.4 Å². The second-order valence-electron chi connectivity index (χ2n) is 5.68. The van der Waals surface area contributed by atoms with Gasteiger partial charge in [0.2, 0.25) is 0 Å². The fourth-order valence-electron chi connectivity index (χ4n) is 3.29. The van der Waals surface area contributed by atoms with Crippen LogP contribution < -0.4 is 5.32 Å². The summed E-state index contributed by atoms with van der Waals surface area (Å²) in [5.74, 6) is 0.610. The van der Waals surface area contributed by atoms with E-state index in [2.05, 4.69) is 26.4 Å². The number of hydrogen-bond acceptors (Lipinski definition) is 5. The Labute approximate surface area is 123 Å². The normalized spacial score (nSPS) is 28.1. The molecule has 0 radical (unpaired) electrons. The van der Waals surface area contributed by atoms with Crippen LogP contribution in [0, 0.1) is 12.8 Å². The van der Waals surface area contributed by atoms with Crippen molar-refractivity contribution in [2.24, 2.45) is 5.92 Å². The average Bonchev–Trinajstić information content (AvgIpc) is 3.10. The lowest BCUT2D eigenvalue weighted by atomic mass is 9.80. The first-order valence-electron chi connectivity index (χ1n) is 7.15. The van der Waals surface area contributed by atoms with Crippen molar-refractivity contribution in [3.8, 4) is 0 Å². The van der Waals surface area contributed by atoms with Crippen molar-refractivity contribution in [2.75, 3.05) is 13.1 Å². The Balaban J connectivity index is 1.54. The molecule has 2 bridgehead atoms. The largest absolute Gasteiger partial charge is 0.347 e. The number of hydrogen-bond donors (Lipinski definition) is 1. The van der Waals surface area contributed by atoms with E-state index in [9.17, 15) is 4.79 Å². The van der Waals surface area contributed by atoms with E-state index in [-0.39, 0.29) is 5.91 Å². The third-order valence-electron chi connectivity index (χ3n) is 4.41. The van der Waals surface area contributed by atoms with Gasteiger partial charge in [0.15, 0.2) is 0 Å². The van der Waals surface area contributed by atoms with Crippen LogP contribution in [-0.2, 0) is 0 Å². The van der Waals surface area contributed by atoms with Crippen LogP contribution in [0.25, 0.3) is 0 Å². The van der Waals surface area contributed by atoms with Crippen LogP contribution in [0.15, 0.2) is 12.7 Å². The Bertz CT molecular complexity index is 515. The lowest BCUT2D eigenvalue weighted by Crippen LogP contribution is -2.54. The number of nitrogens with one attached hydrogen (secondary N) is 1. The number of rotatable bonds is 6. The van der Waals surface area contributed by atoms with E-state index in [1.54, 1.807) is 0 Å². The second kappa shape index (κ2) is 5.61. The Morgan fingerprint density at radius 2 is 2.50 bits per heavy atom. The standard InChI is InChI=1S/C14H20N4OS/c1-3-4-5-6-18-8-10-7-11(18)12(10)15-14(19)13-9(2)16-17-20-13/h3,10-12H,1,4-8H2,2H3,(H,15,19). The molecule has 3 heterocycles. The molecule has 1 amide bonds. The van der Waals surface area contributed by atoms with Gasteiger partial charge in [0.05, 0.1) is 5.69 Å². The van der Waals surface area contributed by atoms with Gasteiger partial charge < -0.3 is 5.32 Å². The second-order valence-corrected chi connectivity index (χ2v) is 6.43. The summed E-state index contributed by atoms with van der Waals surface area (Å²) in [7, 11) is 0. The monoisotopic (exact) mass is 292 g/mol. The summed E-state index contributed by atoms with van der Waals surface area (Å²) in [5.41, 5.74) is 0.724. The van der Waals surface area contributed by atoms with Crippen LogP contribution in [0.4, 0.5) is 0 Å². The minimum atomic E-state index is -0.00913. The lowest BCUT2D eigenvalue weighted by molar-refractivity contribution is 0.0871. The molecule has 3 atom stereocenters. The summed E-state index contributed by atoms with van der Waals surface area (Å²) in [6.45, 7) is 7.82. The fraction of sp³-hybridized carbons (Fsp3) is 0.643. The molecule has 6 heteroatoms. The van der Waals surface area contributed by atoms with Crippen molar-refractivity contribution in [3.63, 3.8) is 0 Å². The van der Waals surface area contributed by atoms with Gasteiger partial charge >= 0.3 is 0 Å². The molecule has 20 heavy (non-hydrogen) atoms. The number of unbranched alkanes of at least 4 members (excludes halogenated alkanes) is 1. The lowest BCUT2D eigenvalue weighted by Gasteiger charge is -2.37. The van der Waals surface area contributed by atoms with Crippen molar-refractivity contribution in [1.82, 2.24) is 19.8 Å². The molecule has 0 spiro atoms. The SMILES string of the molecule is C=CCCCN1CC2CC1C2NC(=O)c1snnc1C.